The number of aryl methyl sites for hydroxylation is 3. The van der Waals surface area contributed by atoms with E-state index < -0.39 is 0 Å². The summed E-state index contributed by atoms with van der Waals surface area (Å²) in [6.07, 6.45) is 17.7. The smallest absolute Gasteiger partial charge is 0.163 e. The Morgan fingerprint density at radius 2 is 1.55 bits per heavy atom. The molecular weight excluding hydrogens is 540 g/mol. The highest BCUT2D eigenvalue weighted by molar-refractivity contribution is 6.02. The van der Waals surface area contributed by atoms with Gasteiger partial charge in [0.2, 0.25) is 0 Å². The minimum Gasteiger partial charge on any atom is -0.300 e. The van der Waals surface area contributed by atoms with Gasteiger partial charge in [0, 0.05) is 17.9 Å². The van der Waals surface area contributed by atoms with Crippen LogP contribution >= 0.6 is 0 Å². The summed E-state index contributed by atoms with van der Waals surface area (Å²) in [5.41, 5.74) is 8.48. The van der Waals surface area contributed by atoms with E-state index in [0.29, 0.717) is 6.42 Å². The number of carbonyl (C=O) groups excluding carboxylic acids is 3. The van der Waals surface area contributed by atoms with Gasteiger partial charge in [0.05, 0.1) is 6.42 Å². The molecule has 0 N–H and O–H groups in total. The van der Waals surface area contributed by atoms with Crippen LogP contribution < -0.4 is 0 Å². The van der Waals surface area contributed by atoms with Crippen LogP contribution in [0.4, 0.5) is 0 Å². The molecule has 0 saturated heterocycles. The highest BCUT2D eigenvalue weighted by Gasteiger charge is 2.34. The van der Waals surface area contributed by atoms with Crippen molar-refractivity contribution >= 4 is 17.3 Å². The van der Waals surface area contributed by atoms with E-state index in [-0.39, 0.29) is 41.5 Å². The van der Waals surface area contributed by atoms with Gasteiger partial charge in [-0.05, 0) is 97.6 Å². The fraction of sp³-hybridized carbons (Fsp3) is 0.634. The maximum Gasteiger partial charge on any atom is 0.163 e. The van der Waals surface area contributed by atoms with E-state index in [2.05, 4.69) is 65.0 Å². The second-order valence-electron chi connectivity index (χ2n) is 13.7. The zero-order valence-corrected chi connectivity index (χ0v) is 28.9. The number of hydrogen-bond donors (Lipinski definition) is 0. The Kier molecular flexibility index (Phi) is 15.0. The molecule has 3 atom stereocenters. The summed E-state index contributed by atoms with van der Waals surface area (Å²) in [6.45, 7) is 12.3. The Balaban J connectivity index is 1.84. The third-order valence-corrected chi connectivity index (χ3v) is 10.1. The molecule has 3 nitrogen and oxygen atoms in total. The van der Waals surface area contributed by atoms with E-state index in [1.165, 1.54) is 86.1 Å². The van der Waals surface area contributed by atoms with E-state index in [4.69, 9.17) is 0 Å². The molecule has 0 amide bonds. The quantitative estimate of drug-likeness (QED) is 0.112. The Bertz CT molecular complexity index is 1240. The second kappa shape index (κ2) is 18.4. The predicted octanol–water partition coefficient (Wildman–Crippen LogP) is 11.0. The molecule has 0 bridgehead atoms. The first-order valence-electron chi connectivity index (χ1n) is 18.0. The fourth-order valence-corrected chi connectivity index (χ4v) is 7.79. The lowest BCUT2D eigenvalue weighted by atomic mass is 9.71. The molecule has 3 unspecified atom stereocenters. The molecule has 2 aromatic rings. The molecule has 2 aromatic carbocycles. The number of benzene rings is 2. The monoisotopic (exact) mass is 600 g/mol. The Labute approximate surface area is 269 Å². The maximum absolute atomic E-state index is 13.8. The lowest BCUT2D eigenvalue weighted by Gasteiger charge is -2.33. The Hall–Kier alpha value is -2.55. The van der Waals surface area contributed by atoms with Crippen molar-refractivity contribution in [2.24, 2.45) is 17.8 Å². The van der Waals surface area contributed by atoms with Crippen LogP contribution in [-0.2, 0) is 28.9 Å². The third kappa shape index (κ3) is 9.98. The zero-order valence-electron chi connectivity index (χ0n) is 28.9. The summed E-state index contributed by atoms with van der Waals surface area (Å²) >= 11 is 0. The molecule has 3 rings (SSSR count). The summed E-state index contributed by atoms with van der Waals surface area (Å²) in [5.74, 6) is 0.608. The summed E-state index contributed by atoms with van der Waals surface area (Å²) < 4.78 is 0. The van der Waals surface area contributed by atoms with Crippen LogP contribution in [0.15, 0.2) is 30.3 Å². The predicted molar refractivity (Wildman–Crippen MR) is 186 cm³/mol. The van der Waals surface area contributed by atoms with Crippen molar-refractivity contribution in [1.29, 1.82) is 0 Å². The van der Waals surface area contributed by atoms with E-state index in [0.717, 1.165) is 56.1 Å². The lowest BCUT2D eigenvalue weighted by Crippen LogP contribution is -2.30. The van der Waals surface area contributed by atoms with Crippen molar-refractivity contribution in [1.82, 2.24) is 0 Å². The van der Waals surface area contributed by atoms with Crippen LogP contribution in [0.3, 0.4) is 0 Å². The maximum atomic E-state index is 13.8. The Morgan fingerprint density at radius 1 is 0.841 bits per heavy atom. The van der Waals surface area contributed by atoms with Gasteiger partial charge in [-0.3, -0.25) is 14.4 Å². The summed E-state index contributed by atoms with van der Waals surface area (Å²) in [6, 6.07) is 11.4. The number of ketones is 3. The first-order valence-corrected chi connectivity index (χ1v) is 18.0. The highest BCUT2D eigenvalue weighted by atomic mass is 16.1. The van der Waals surface area contributed by atoms with Crippen LogP contribution in [0.2, 0.25) is 0 Å². The first kappa shape index (κ1) is 35.9. The van der Waals surface area contributed by atoms with Crippen molar-refractivity contribution in [2.75, 3.05) is 0 Å². The van der Waals surface area contributed by atoms with Crippen molar-refractivity contribution in [3.05, 3.63) is 58.1 Å². The van der Waals surface area contributed by atoms with Gasteiger partial charge in [-0.2, -0.15) is 0 Å². The topological polar surface area (TPSA) is 51.2 Å². The molecule has 44 heavy (non-hydrogen) atoms. The van der Waals surface area contributed by atoms with E-state index in [1.54, 1.807) is 0 Å². The fourth-order valence-electron chi connectivity index (χ4n) is 7.79. The molecule has 1 aliphatic rings. The summed E-state index contributed by atoms with van der Waals surface area (Å²) in [5, 5.41) is 0. The number of Topliss-reactive ketones (excluding diaryl/α,β-unsaturated/α-hetero) is 3. The highest BCUT2D eigenvalue weighted by Crippen LogP contribution is 2.41. The first-order chi connectivity index (χ1) is 21.2. The lowest BCUT2D eigenvalue weighted by molar-refractivity contribution is -0.129. The van der Waals surface area contributed by atoms with Gasteiger partial charge in [-0.1, -0.05) is 116 Å². The van der Waals surface area contributed by atoms with Gasteiger partial charge in [0.1, 0.15) is 11.6 Å². The van der Waals surface area contributed by atoms with Crippen LogP contribution in [0.25, 0.3) is 11.1 Å². The van der Waals surface area contributed by atoms with Gasteiger partial charge in [-0.25, -0.2) is 0 Å². The molecule has 0 spiro atoms. The average molecular weight is 601 g/mol. The molecule has 3 heteroatoms. The summed E-state index contributed by atoms with van der Waals surface area (Å²) in [4.78, 5) is 38.6. The number of unbranched alkanes of at least 4 members (excludes halogenated alkanes) is 7. The molecule has 0 heterocycles. The standard InChI is InChI=1S/C41H60O3/c1-7-11-12-13-14-15-16-17-19-31-21-22-33(9-3)37(26-31)36-23-20-29(5)41-38(36)27-32(28-40(41)44)25-34(18-8-2)35(10-4)39(43)24-30(6)42/h20-23,26,32,34-35H,7-19,24-25,27-28H2,1-6H3. The van der Waals surface area contributed by atoms with Gasteiger partial charge in [0.25, 0.3) is 0 Å². The van der Waals surface area contributed by atoms with Gasteiger partial charge in [0.15, 0.2) is 5.78 Å². The molecule has 0 radical (unpaired) electrons. The van der Waals surface area contributed by atoms with Crippen LogP contribution in [0, 0.1) is 24.7 Å². The minimum absolute atomic E-state index is 0.0313. The average Bonchev–Trinajstić information content (AvgIpc) is 2.98. The second-order valence-corrected chi connectivity index (χ2v) is 13.7. The van der Waals surface area contributed by atoms with Crippen molar-refractivity contribution in [3.63, 3.8) is 0 Å². The number of hydrogen-bond acceptors (Lipinski definition) is 3. The molecule has 242 valence electrons. The molecule has 0 fully saturated rings. The zero-order chi connectivity index (χ0) is 32.1. The molecule has 0 saturated carbocycles. The van der Waals surface area contributed by atoms with Gasteiger partial charge >= 0.3 is 0 Å². The van der Waals surface area contributed by atoms with Crippen molar-refractivity contribution < 1.29 is 14.4 Å². The molecule has 0 aromatic heterocycles. The number of carbonyl (C=O) groups is 3. The van der Waals surface area contributed by atoms with Gasteiger partial charge < -0.3 is 0 Å². The van der Waals surface area contributed by atoms with Crippen molar-refractivity contribution in [3.8, 4) is 11.1 Å². The SMILES string of the molecule is CCCCCCCCCCc1ccc(CC)c(-c2ccc(C)c3c2CC(CC(CCC)C(CC)C(=O)CC(C)=O)CC3=O)c1. The minimum atomic E-state index is -0.105. The van der Waals surface area contributed by atoms with Crippen molar-refractivity contribution in [2.45, 2.75) is 151 Å². The molecule has 1 aliphatic carbocycles. The number of fused-ring (bicyclic) bond motifs is 1. The third-order valence-electron chi connectivity index (χ3n) is 10.1. The van der Waals surface area contributed by atoms with E-state index in [9.17, 15) is 14.4 Å². The van der Waals surface area contributed by atoms with Crippen LogP contribution in [0.1, 0.15) is 157 Å². The normalized spacial score (nSPS) is 16.0. The van der Waals surface area contributed by atoms with E-state index >= 15 is 0 Å². The largest absolute Gasteiger partial charge is 0.300 e. The number of rotatable bonds is 20. The Morgan fingerprint density at radius 3 is 2.18 bits per heavy atom. The van der Waals surface area contributed by atoms with Crippen LogP contribution in [-0.4, -0.2) is 17.3 Å². The van der Waals surface area contributed by atoms with Gasteiger partial charge in [-0.15, -0.1) is 0 Å². The van der Waals surface area contributed by atoms with E-state index in [1.807, 2.05) is 0 Å². The molecular formula is C41H60O3. The molecule has 0 aliphatic heterocycles. The van der Waals surface area contributed by atoms with Crippen LogP contribution in [0.5, 0.6) is 0 Å². The summed E-state index contributed by atoms with van der Waals surface area (Å²) in [7, 11) is 0.